The molecule has 0 radical (unpaired) electrons. The van der Waals surface area contributed by atoms with Crippen LogP contribution in [0.2, 0.25) is 0 Å². The Hall–Kier alpha value is -1.68. The zero-order valence-electron chi connectivity index (χ0n) is 13.2. The molecule has 1 atom stereocenters. The molecule has 0 spiro atoms. The minimum absolute atomic E-state index is 0.0625. The van der Waals surface area contributed by atoms with Gasteiger partial charge in [-0.25, -0.2) is 0 Å². The highest BCUT2D eigenvalue weighted by molar-refractivity contribution is 5.16. The van der Waals surface area contributed by atoms with Crippen LogP contribution in [-0.4, -0.2) is 24.2 Å². The van der Waals surface area contributed by atoms with E-state index in [1.54, 1.807) is 0 Å². The number of hydrogen-bond donors (Lipinski definition) is 2. The van der Waals surface area contributed by atoms with E-state index in [2.05, 4.69) is 59.5 Å². The van der Waals surface area contributed by atoms with Crippen LogP contribution >= 0.6 is 0 Å². The highest BCUT2D eigenvalue weighted by atomic mass is 15.2. The lowest BCUT2D eigenvalue weighted by Crippen LogP contribution is -2.42. The summed E-state index contributed by atoms with van der Waals surface area (Å²) in [5, 5.41) is 0. The Bertz CT molecular complexity index is 513. The van der Waals surface area contributed by atoms with Gasteiger partial charge in [0.25, 0.3) is 0 Å². The van der Waals surface area contributed by atoms with E-state index in [0.29, 0.717) is 6.54 Å². The van der Waals surface area contributed by atoms with Crippen LogP contribution < -0.4 is 11.5 Å². The van der Waals surface area contributed by atoms with E-state index < -0.39 is 0 Å². The molecule has 3 nitrogen and oxygen atoms in total. The maximum absolute atomic E-state index is 6.39. The van der Waals surface area contributed by atoms with Crippen LogP contribution in [0.1, 0.15) is 24.0 Å². The summed E-state index contributed by atoms with van der Waals surface area (Å²) in [5.41, 5.74) is 14.7. The van der Waals surface area contributed by atoms with Crippen molar-refractivity contribution in [3.63, 3.8) is 0 Å². The smallest absolute Gasteiger partial charge is 0.0575 e. The molecular weight excluding hydrogens is 270 g/mol. The average molecular weight is 297 g/mol. The molecule has 0 bridgehead atoms. The van der Waals surface area contributed by atoms with E-state index in [1.807, 2.05) is 6.07 Å². The fraction of sp³-hybridized carbons (Fsp3) is 0.368. The molecule has 4 N–H and O–H groups in total. The molecular formula is C19H27N3. The van der Waals surface area contributed by atoms with Crippen molar-refractivity contribution in [2.45, 2.75) is 32.0 Å². The molecule has 0 aliphatic carbocycles. The normalized spacial score (nSPS) is 12.5. The monoisotopic (exact) mass is 297 g/mol. The fourth-order valence-electron chi connectivity index (χ4n) is 2.61. The Kier molecular flexibility index (Phi) is 7.10. The van der Waals surface area contributed by atoms with Gasteiger partial charge in [0.05, 0.1) is 6.17 Å². The largest absolute Gasteiger partial charge is 0.330 e. The first-order chi connectivity index (χ1) is 10.8. The van der Waals surface area contributed by atoms with Crippen LogP contribution in [0.5, 0.6) is 0 Å². The zero-order chi connectivity index (χ0) is 15.6. The van der Waals surface area contributed by atoms with Gasteiger partial charge in [0.1, 0.15) is 0 Å². The number of nitrogens with zero attached hydrogens (tertiary/aromatic N) is 1. The third-order valence-electron chi connectivity index (χ3n) is 3.93. The van der Waals surface area contributed by atoms with Crippen molar-refractivity contribution in [2.75, 3.05) is 13.1 Å². The van der Waals surface area contributed by atoms with Crippen LogP contribution in [0.3, 0.4) is 0 Å². The molecule has 2 rings (SSSR count). The van der Waals surface area contributed by atoms with Gasteiger partial charge >= 0.3 is 0 Å². The standard InChI is InChI=1S/C19H27N3/c20-14-7-12-19(21)22(16-18-10-5-2-6-11-18)15-13-17-8-3-1-4-9-17/h1-6,8-11,19H,7,12-16,20-21H2. The van der Waals surface area contributed by atoms with Gasteiger partial charge < -0.3 is 11.5 Å². The number of rotatable bonds is 9. The van der Waals surface area contributed by atoms with E-state index >= 15 is 0 Å². The molecule has 0 saturated carbocycles. The van der Waals surface area contributed by atoms with Crippen molar-refractivity contribution in [3.05, 3.63) is 71.8 Å². The average Bonchev–Trinajstić information content (AvgIpc) is 2.58. The first-order valence-electron chi connectivity index (χ1n) is 8.07. The summed E-state index contributed by atoms with van der Waals surface area (Å²) >= 11 is 0. The van der Waals surface area contributed by atoms with Gasteiger partial charge in [-0.15, -0.1) is 0 Å². The summed E-state index contributed by atoms with van der Waals surface area (Å²) in [6.45, 7) is 2.55. The third-order valence-corrected chi connectivity index (χ3v) is 3.93. The van der Waals surface area contributed by atoms with Gasteiger partial charge in [0.15, 0.2) is 0 Å². The van der Waals surface area contributed by atoms with E-state index in [-0.39, 0.29) is 6.17 Å². The van der Waals surface area contributed by atoms with Gasteiger partial charge in [-0.3, -0.25) is 4.90 Å². The van der Waals surface area contributed by atoms with E-state index in [4.69, 9.17) is 11.5 Å². The van der Waals surface area contributed by atoms with Gasteiger partial charge in [0, 0.05) is 13.1 Å². The topological polar surface area (TPSA) is 55.3 Å². The summed E-state index contributed by atoms with van der Waals surface area (Å²) < 4.78 is 0. The minimum Gasteiger partial charge on any atom is -0.330 e. The van der Waals surface area contributed by atoms with Crippen LogP contribution in [-0.2, 0) is 13.0 Å². The lowest BCUT2D eigenvalue weighted by molar-refractivity contribution is 0.182. The molecule has 118 valence electrons. The van der Waals surface area contributed by atoms with Crippen molar-refractivity contribution in [3.8, 4) is 0 Å². The highest BCUT2D eigenvalue weighted by Crippen LogP contribution is 2.11. The second kappa shape index (κ2) is 9.36. The lowest BCUT2D eigenvalue weighted by Gasteiger charge is -2.29. The van der Waals surface area contributed by atoms with Gasteiger partial charge in [0.2, 0.25) is 0 Å². The molecule has 0 aliphatic heterocycles. The Morgan fingerprint density at radius 1 is 0.864 bits per heavy atom. The Balaban J connectivity index is 1.97. The fourth-order valence-corrected chi connectivity index (χ4v) is 2.61. The predicted octanol–water partition coefficient (Wildman–Crippen LogP) is 2.76. The molecule has 0 amide bonds. The van der Waals surface area contributed by atoms with Gasteiger partial charge in [-0.05, 0) is 36.9 Å². The quantitative estimate of drug-likeness (QED) is 0.700. The van der Waals surface area contributed by atoms with Crippen LogP contribution in [0.4, 0.5) is 0 Å². The van der Waals surface area contributed by atoms with Crippen molar-refractivity contribution in [2.24, 2.45) is 11.5 Å². The molecule has 1 unspecified atom stereocenters. The maximum atomic E-state index is 6.39. The minimum atomic E-state index is 0.0625. The molecule has 0 aliphatic rings. The number of benzene rings is 2. The van der Waals surface area contributed by atoms with Crippen LogP contribution in [0.25, 0.3) is 0 Å². The van der Waals surface area contributed by atoms with E-state index in [9.17, 15) is 0 Å². The molecule has 0 fully saturated rings. The van der Waals surface area contributed by atoms with Crippen molar-refractivity contribution in [1.29, 1.82) is 0 Å². The number of hydrogen-bond acceptors (Lipinski definition) is 3. The summed E-state index contributed by atoms with van der Waals surface area (Å²) in [4.78, 5) is 2.36. The maximum Gasteiger partial charge on any atom is 0.0575 e. The Morgan fingerprint density at radius 2 is 1.45 bits per heavy atom. The molecule has 0 saturated heterocycles. The Labute approximate surface area is 133 Å². The molecule has 2 aromatic carbocycles. The van der Waals surface area contributed by atoms with Crippen LogP contribution in [0, 0.1) is 0 Å². The van der Waals surface area contributed by atoms with Crippen molar-refractivity contribution >= 4 is 0 Å². The Morgan fingerprint density at radius 3 is 2.05 bits per heavy atom. The van der Waals surface area contributed by atoms with Crippen molar-refractivity contribution < 1.29 is 0 Å². The molecule has 0 heterocycles. The van der Waals surface area contributed by atoms with Gasteiger partial charge in [-0.1, -0.05) is 60.7 Å². The SMILES string of the molecule is NCCCC(N)N(CCc1ccccc1)Cc1ccccc1. The third kappa shape index (κ3) is 5.60. The molecule has 22 heavy (non-hydrogen) atoms. The molecule has 0 aromatic heterocycles. The van der Waals surface area contributed by atoms with Crippen molar-refractivity contribution in [1.82, 2.24) is 4.90 Å². The van der Waals surface area contributed by atoms with E-state index in [0.717, 1.165) is 32.4 Å². The number of nitrogens with two attached hydrogens (primary N) is 2. The van der Waals surface area contributed by atoms with E-state index in [1.165, 1.54) is 11.1 Å². The summed E-state index contributed by atoms with van der Waals surface area (Å²) in [7, 11) is 0. The van der Waals surface area contributed by atoms with Crippen LogP contribution in [0.15, 0.2) is 60.7 Å². The molecule has 3 heteroatoms. The predicted molar refractivity (Wildman–Crippen MR) is 93.3 cm³/mol. The summed E-state index contributed by atoms with van der Waals surface area (Å²) in [5.74, 6) is 0. The first-order valence-corrected chi connectivity index (χ1v) is 8.07. The summed E-state index contributed by atoms with van der Waals surface area (Å²) in [6, 6.07) is 21.1. The van der Waals surface area contributed by atoms with Gasteiger partial charge in [-0.2, -0.15) is 0 Å². The highest BCUT2D eigenvalue weighted by Gasteiger charge is 2.14. The summed E-state index contributed by atoms with van der Waals surface area (Å²) in [6.07, 6.45) is 2.99. The second-order valence-corrected chi connectivity index (χ2v) is 5.69. The second-order valence-electron chi connectivity index (χ2n) is 5.69. The zero-order valence-corrected chi connectivity index (χ0v) is 13.2. The first kappa shape index (κ1) is 16.7. The molecule has 2 aromatic rings. The lowest BCUT2D eigenvalue weighted by atomic mass is 10.1.